The quantitative estimate of drug-likeness (QED) is 0.710. The molecule has 29 heavy (non-hydrogen) atoms. The van der Waals surface area contributed by atoms with E-state index in [2.05, 4.69) is 46.5 Å². The summed E-state index contributed by atoms with van der Waals surface area (Å²) in [7, 11) is -3.90. The number of anilines is 1. The summed E-state index contributed by atoms with van der Waals surface area (Å²) in [5, 5.41) is 8.42. The van der Waals surface area contributed by atoms with Crippen molar-refractivity contribution in [3.63, 3.8) is 0 Å². The van der Waals surface area contributed by atoms with E-state index in [0.29, 0.717) is 18.2 Å². The third-order valence-electron chi connectivity index (χ3n) is 5.69. The highest BCUT2D eigenvalue weighted by atomic mass is 32.2. The molecule has 0 unspecified atom stereocenters. The van der Waals surface area contributed by atoms with E-state index in [0.717, 1.165) is 25.1 Å². The second kappa shape index (κ2) is 8.25. The molecule has 1 aromatic heterocycles. The first-order valence-corrected chi connectivity index (χ1v) is 11.3. The largest absolute Gasteiger partial charge is 0.474 e. The lowest BCUT2D eigenvalue weighted by atomic mass is 10.0. The van der Waals surface area contributed by atoms with Gasteiger partial charge in [0.1, 0.15) is 18.2 Å². The molecule has 8 nitrogen and oxygen atoms in total. The Labute approximate surface area is 171 Å². The molecule has 0 saturated heterocycles. The molecule has 4 rings (SSSR count). The number of hydrogen-bond acceptors (Lipinski definition) is 7. The van der Waals surface area contributed by atoms with Crippen LogP contribution >= 0.6 is 0 Å². The lowest BCUT2D eigenvalue weighted by Crippen LogP contribution is -2.20. The van der Waals surface area contributed by atoms with E-state index in [1.807, 2.05) is 6.07 Å². The summed E-state index contributed by atoms with van der Waals surface area (Å²) >= 11 is 0. The van der Waals surface area contributed by atoms with E-state index in [9.17, 15) is 8.42 Å². The lowest BCUT2D eigenvalue weighted by Gasteiger charge is -2.20. The average molecular weight is 419 g/mol. The second-order valence-corrected chi connectivity index (χ2v) is 9.16. The van der Waals surface area contributed by atoms with Crippen LogP contribution in [0.3, 0.4) is 0 Å². The molecule has 1 aromatic carbocycles. The summed E-state index contributed by atoms with van der Waals surface area (Å²) in [5.74, 6) is 1.82. The Bertz CT molecular complexity index is 968. The molecule has 156 valence electrons. The van der Waals surface area contributed by atoms with Crippen LogP contribution in [0.15, 0.2) is 36.7 Å². The van der Waals surface area contributed by atoms with Gasteiger partial charge in [-0.25, -0.2) is 15.1 Å². The number of hydrogen-bond donors (Lipinski definition) is 2. The highest BCUT2D eigenvalue weighted by Gasteiger charge is 2.30. The van der Waals surface area contributed by atoms with Crippen molar-refractivity contribution in [2.24, 2.45) is 17.0 Å². The number of nitrogens with two attached hydrogens (primary N) is 1. The Morgan fingerprint density at radius 1 is 1.24 bits per heavy atom. The highest BCUT2D eigenvalue weighted by Crippen LogP contribution is 2.38. The SMILES string of the molecule is C[C@H]1Cc2ccccc2[C@H]1Nc1cc(O[C@H]2CC[C@H](COS(N)(=O)=O)C2)ncn1. The zero-order valence-electron chi connectivity index (χ0n) is 16.3. The summed E-state index contributed by atoms with van der Waals surface area (Å²) in [4.78, 5) is 8.58. The topological polar surface area (TPSA) is 116 Å². The Morgan fingerprint density at radius 3 is 2.90 bits per heavy atom. The van der Waals surface area contributed by atoms with Crippen LogP contribution in [0.1, 0.15) is 43.4 Å². The number of rotatable bonds is 7. The van der Waals surface area contributed by atoms with E-state index in [4.69, 9.17) is 14.1 Å². The molecule has 0 spiro atoms. The van der Waals surface area contributed by atoms with Gasteiger partial charge in [0, 0.05) is 6.07 Å². The van der Waals surface area contributed by atoms with Gasteiger partial charge in [0.15, 0.2) is 0 Å². The van der Waals surface area contributed by atoms with Gasteiger partial charge in [0.2, 0.25) is 5.88 Å². The summed E-state index contributed by atoms with van der Waals surface area (Å²) in [6.45, 7) is 2.33. The standard InChI is InChI=1S/C20H26N4O4S/c1-13-8-15-4-2-3-5-17(15)20(13)24-18-10-19(23-12-22-18)28-16-7-6-14(9-16)11-27-29(21,25)26/h2-5,10,12-14,16,20H,6-9,11H2,1H3,(H2,21,25,26)(H,22,23,24)/t13-,14-,16-,20-/m0/s1. The van der Waals surface area contributed by atoms with Crippen molar-refractivity contribution in [3.05, 3.63) is 47.8 Å². The van der Waals surface area contributed by atoms with E-state index >= 15 is 0 Å². The Morgan fingerprint density at radius 2 is 2.07 bits per heavy atom. The molecule has 0 bridgehead atoms. The fourth-order valence-electron chi connectivity index (χ4n) is 4.31. The number of nitrogens with zero attached hydrogens (tertiary/aromatic N) is 2. The zero-order chi connectivity index (χ0) is 20.4. The molecule has 0 amide bonds. The maximum atomic E-state index is 10.9. The van der Waals surface area contributed by atoms with Crippen LogP contribution < -0.4 is 15.2 Å². The molecule has 3 N–H and O–H groups in total. The smallest absolute Gasteiger partial charge is 0.333 e. The molecule has 2 aliphatic rings. The van der Waals surface area contributed by atoms with Crippen LogP contribution in [0.2, 0.25) is 0 Å². The van der Waals surface area contributed by atoms with Crippen molar-refractivity contribution in [2.45, 2.75) is 44.8 Å². The van der Waals surface area contributed by atoms with E-state index in [-0.39, 0.29) is 24.7 Å². The Kier molecular flexibility index (Phi) is 5.71. The fraction of sp³-hybridized carbons (Fsp3) is 0.500. The molecule has 1 heterocycles. The minimum absolute atomic E-state index is 0.0297. The van der Waals surface area contributed by atoms with Crippen LogP contribution in [0, 0.1) is 11.8 Å². The third kappa shape index (κ3) is 5.04. The summed E-state index contributed by atoms with van der Waals surface area (Å²) in [6.07, 6.45) is 4.87. The van der Waals surface area contributed by atoms with Crippen molar-refractivity contribution < 1.29 is 17.3 Å². The first-order valence-electron chi connectivity index (χ1n) is 9.87. The maximum Gasteiger partial charge on any atom is 0.333 e. The molecule has 0 aliphatic heterocycles. The summed E-state index contributed by atoms with van der Waals surface area (Å²) in [6, 6.07) is 10.5. The molecule has 1 saturated carbocycles. The minimum Gasteiger partial charge on any atom is -0.474 e. The molecule has 2 aliphatic carbocycles. The molecule has 1 fully saturated rings. The third-order valence-corrected chi connectivity index (χ3v) is 6.16. The number of benzene rings is 1. The van der Waals surface area contributed by atoms with Gasteiger partial charge in [-0.15, -0.1) is 0 Å². The average Bonchev–Trinajstić information content (AvgIpc) is 3.24. The predicted molar refractivity (Wildman–Crippen MR) is 109 cm³/mol. The Hall–Kier alpha value is -2.23. The van der Waals surface area contributed by atoms with Crippen molar-refractivity contribution in [1.29, 1.82) is 0 Å². The van der Waals surface area contributed by atoms with Crippen molar-refractivity contribution in [3.8, 4) is 5.88 Å². The normalized spacial score (nSPS) is 26.3. The van der Waals surface area contributed by atoms with Gasteiger partial charge in [0.25, 0.3) is 0 Å². The highest BCUT2D eigenvalue weighted by molar-refractivity contribution is 7.84. The van der Waals surface area contributed by atoms with Gasteiger partial charge in [-0.2, -0.15) is 8.42 Å². The summed E-state index contributed by atoms with van der Waals surface area (Å²) in [5.41, 5.74) is 2.69. The van der Waals surface area contributed by atoms with Crippen LogP contribution in [-0.4, -0.2) is 31.1 Å². The first-order chi connectivity index (χ1) is 13.9. The van der Waals surface area contributed by atoms with Gasteiger partial charge in [-0.3, -0.25) is 4.18 Å². The van der Waals surface area contributed by atoms with Crippen LogP contribution in [0.5, 0.6) is 5.88 Å². The fourth-order valence-corrected chi connectivity index (χ4v) is 4.69. The maximum absolute atomic E-state index is 10.9. The molecular weight excluding hydrogens is 392 g/mol. The number of aromatic nitrogens is 2. The monoisotopic (exact) mass is 418 g/mol. The van der Waals surface area contributed by atoms with E-state index < -0.39 is 10.3 Å². The van der Waals surface area contributed by atoms with Crippen molar-refractivity contribution in [2.75, 3.05) is 11.9 Å². The predicted octanol–water partition coefficient (Wildman–Crippen LogP) is 2.59. The Balaban J connectivity index is 1.36. The number of nitrogens with one attached hydrogen (secondary N) is 1. The van der Waals surface area contributed by atoms with Crippen LogP contribution in [0.4, 0.5) is 5.82 Å². The number of fused-ring (bicyclic) bond motifs is 1. The summed E-state index contributed by atoms with van der Waals surface area (Å²) < 4.78 is 32.6. The molecular formula is C20H26N4O4S. The van der Waals surface area contributed by atoms with Gasteiger partial charge in [-0.1, -0.05) is 31.2 Å². The van der Waals surface area contributed by atoms with Gasteiger partial charge >= 0.3 is 10.3 Å². The van der Waals surface area contributed by atoms with Crippen molar-refractivity contribution >= 4 is 16.1 Å². The number of ether oxygens (including phenoxy) is 1. The zero-order valence-corrected chi connectivity index (χ0v) is 17.1. The van der Waals surface area contributed by atoms with Crippen LogP contribution in [0.25, 0.3) is 0 Å². The van der Waals surface area contributed by atoms with Crippen LogP contribution in [-0.2, 0) is 20.9 Å². The first kappa shape index (κ1) is 20.1. The molecule has 4 atom stereocenters. The minimum atomic E-state index is -3.90. The van der Waals surface area contributed by atoms with E-state index in [1.165, 1.54) is 17.5 Å². The van der Waals surface area contributed by atoms with Crippen molar-refractivity contribution in [1.82, 2.24) is 9.97 Å². The van der Waals surface area contributed by atoms with Gasteiger partial charge < -0.3 is 10.1 Å². The van der Waals surface area contributed by atoms with E-state index in [1.54, 1.807) is 0 Å². The molecule has 0 radical (unpaired) electrons. The molecule has 9 heteroatoms. The van der Waals surface area contributed by atoms with Gasteiger partial charge in [0.05, 0.1) is 12.6 Å². The molecule has 2 aromatic rings. The lowest BCUT2D eigenvalue weighted by molar-refractivity contribution is 0.184. The second-order valence-electron chi connectivity index (χ2n) is 7.94. The van der Waals surface area contributed by atoms with Gasteiger partial charge in [-0.05, 0) is 48.6 Å².